The van der Waals surface area contributed by atoms with Crippen LogP contribution in [0.1, 0.15) is 41.9 Å². The monoisotopic (exact) mass is 499 g/mol. The van der Waals surface area contributed by atoms with Gasteiger partial charge in [0.25, 0.3) is 6.01 Å². The molecule has 8 heteroatoms. The molecule has 190 valence electrons. The molecule has 2 heterocycles. The highest BCUT2D eigenvalue weighted by Crippen LogP contribution is 2.34. The van der Waals surface area contributed by atoms with Gasteiger partial charge in [0.1, 0.15) is 5.52 Å². The summed E-state index contributed by atoms with van der Waals surface area (Å²) in [4.78, 5) is 29.2. The Morgan fingerprint density at radius 1 is 1.11 bits per heavy atom. The maximum atomic E-state index is 12.9. The van der Waals surface area contributed by atoms with Gasteiger partial charge in [0.05, 0.1) is 26.6 Å². The van der Waals surface area contributed by atoms with Crippen LogP contribution in [0.4, 0.5) is 17.4 Å². The molecule has 37 heavy (non-hydrogen) atoms. The molecular weight excluding hydrogens is 470 g/mol. The average Bonchev–Trinajstić information content (AvgIpc) is 3.17. The smallest absolute Gasteiger partial charge is 0.306 e. The van der Waals surface area contributed by atoms with Crippen LogP contribution in [0.15, 0.2) is 65.1 Å². The van der Waals surface area contributed by atoms with Crippen molar-refractivity contribution in [2.45, 2.75) is 38.5 Å². The Kier molecular flexibility index (Phi) is 7.07. The molecule has 5 rings (SSSR count). The number of rotatable bonds is 7. The minimum Gasteiger partial charge on any atom is -0.492 e. The lowest BCUT2D eigenvalue weighted by atomic mass is 9.92. The van der Waals surface area contributed by atoms with E-state index in [2.05, 4.69) is 15.6 Å². The van der Waals surface area contributed by atoms with Gasteiger partial charge in [-0.3, -0.25) is 9.59 Å². The molecule has 1 atom stereocenters. The van der Waals surface area contributed by atoms with Crippen molar-refractivity contribution in [3.8, 4) is 5.75 Å². The number of ether oxygens (including phenoxy) is 2. The second kappa shape index (κ2) is 10.7. The first-order valence-corrected chi connectivity index (χ1v) is 12.3. The van der Waals surface area contributed by atoms with E-state index < -0.39 is 0 Å². The number of nitrogens with one attached hydrogen (secondary N) is 2. The first kappa shape index (κ1) is 24.4. The van der Waals surface area contributed by atoms with Crippen molar-refractivity contribution < 1.29 is 23.5 Å². The van der Waals surface area contributed by atoms with Crippen LogP contribution in [0.5, 0.6) is 5.75 Å². The Hall–Kier alpha value is -4.33. The molecule has 0 radical (unpaired) electrons. The lowest BCUT2D eigenvalue weighted by Crippen LogP contribution is -2.15. The van der Waals surface area contributed by atoms with Crippen molar-refractivity contribution >= 4 is 40.4 Å². The Labute approximate surface area is 215 Å². The molecule has 1 amide bonds. The normalized spacial score (nSPS) is 15.6. The maximum Gasteiger partial charge on any atom is 0.306 e. The Bertz CT molecular complexity index is 1430. The van der Waals surface area contributed by atoms with Gasteiger partial charge in [-0.1, -0.05) is 36.4 Å². The van der Waals surface area contributed by atoms with Crippen molar-refractivity contribution in [3.63, 3.8) is 0 Å². The van der Waals surface area contributed by atoms with Gasteiger partial charge in [0, 0.05) is 16.9 Å². The highest BCUT2D eigenvalue weighted by Gasteiger charge is 2.21. The van der Waals surface area contributed by atoms with Crippen LogP contribution >= 0.6 is 0 Å². The van der Waals surface area contributed by atoms with E-state index in [1.807, 2.05) is 67.6 Å². The van der Waals surface area contributed by atoms with Crippen LogP contribution in [-0.4, -0.2) is 30.6 Å². The predicted molar refractivity (Wildman–Crippen MR) is 141 cm³/mol. The van der Waals surface area contributed by atoms with E-state index in [0.717, 1.165) is 29.7 Å². The third-order valence-corrected chi connectivity index (χ3v) is 6.57. The molecule has 1 unspecified atom stereocenters. The number of fused-ring (bicyclic) bond motifs is 1. The molecular formula is C29H29N3O5. The quantitative estimate of drug-likeness (QED) is 0.306. The fraction of sp³-hybridized carbons (Fsp3) is 0.276. The largest absolute Gasteiger partial charge is 0.492 e. The van der Waals surface area contributed by atoms with Gasteiger partial charge in [0.2, 0.25) is 5.91 Å². The van der Waals surface area contributed by atoms with Gasteiger partial charge in [0.15, 0.2) is 11.3 Å². The summed E-state index contributed by atoms with van der Waals surface area (Å²) in [6.45, 7) is 2.49. The fourth-order valence-electron chi connectivity index (χ4n) is 4.63. The summed E-state index contributed by atoms with van der Waals surface area (Å²) in [5, 5.41) is 6.14. The number of aromatic nitrogens is 1. The number of carbonyl (C=O) groups excluding carboxylic acids is 2. The Morgan fingerprint density at radius 3 is 2.70 bits per heavy atom. The highest BCUT2D eigenvalue weighted by atomic mass is 16.5. The zero-order valence-electron chi connectivity index (χ0n) is 20.9. The van der Waals surface area contributed by atoms with Crippen LogP contribution in [0.2, 0.25) is 0 Å². The minimum atomic E-state index is -0.179. The van der Waals surface area contributed by atoms with Crippen molar-refractivity contribution in [2.75, 3.05) is 24.4 Å². The van der Waals surface area contributed by atoms with Gasteiger partial charge in [-0.05, 0) is 61.1 Å². The molecule has 0 spiro atoms. The molecule has 3 aromatic carbocycles. The van der Waals surface area contributed by atoms with Crippen LogP contribution in [0.3, 0.4) is 0 Å². The number of para-hydroxylation sites is 1. The number of hydrogen-bond donors (Lipinski definition) is 2. The van der Waals surface area contributed by atoms with Crippen LogP contribution in [0.25, 0.3) is 11.1 Å². The van der Waals surface area contributed by atoms with Gasteiger partial charge < -0.3 is 24.5 Å². The number of nitrogens with zero attached hydrogens (tertiary/aromatic N) is 1. The number of cyclic esters (lactones) is 1. The van der Waals surface area contributed by atoms with E-state index in [-0.39, 0.29) is 24.2 Å². The van der Waals surface area contributed by atoms with E-state index in [9.17, 15) is 9.59 Å². The Morgan fingerprint density at radius 2 is 1.92 bits per heavy atom. The molecule has 0 saturated carbocycles. The minimum absolute atomic E-state index is 0.108. The average molecular weight is 500 g/mol. The summed E-state index contributed by atoms with van der Waals surface area (Å²) < 4.78 is 16.7. The fourth-order valence-corrected chi connectivity index (χ4v) is 4.63. The van der Waals surface area contributed by atoms with Gasteiger partial charge in [-0.2, -0.15) is 4.98 Å². The number of oxazole rings is 1. The number of esters is 1. The highest BCUT2D eigenvalue weighted by molar-refractivity contribution is 5.94. The molecule has 1 saturated heterocycles. The van der Waals surface area contributed by atoms with E-state index in [4.69, 9.17) is 13.9 Å². The van der Waals surface area contributed by atoms with Crippen LogP contribution < -0.4 is 15.4 Å². The predicted octanol–water partition coefficient (Wildman–Crippen LogP) is 5.88. The van der Waals surface area contributed by atoms with Crippen molar-refractivity contribution in [3.05, 3.63) is 77.4 Å². The van der Waals surface area contributed by atoms with Gasteiger partial charge >= 0.3 is 5.97 Å². The number of aryl methyl sites for hydroxylation is 1. The zero-order valence-corrected chi connectivity index (χ0v) is 20.9. The number of amides is 1. The number of benzene rings is 3. The zero-order chi connectivity index (χ0) is 25.8. The first-order valence-electron chi connectivity index (χ1n) is 12.3. The van der Waals surface area contributed by atoms with Crippen molar-refractivity contribution in [1.82, 2.24) is 4.98 Å². The van der Waals surface area contributed by atoms with Crippen LogP contribution in [0, 0.1) is 6.92 Å². The van der Waals surface area contributed by atoms with E-state index in [1.165, 1.54) is 0 Å². The molecule has 2 N–H and O–H groups in total. The number of methoxy groups -OCH3 is 1. The summed E-state index contributed by atoms with van der Waals surface area (Å²) in [7, 11) is 1.55. The maximum absolute atomic E-state index is 12.9. The third kappa shape index (κ3) is 5.58. The number of hydrogen-bond acceptors (Lipinski definition) is 7. The first-order chi connectivity index (χ1) is 18.0. The lowest BCUT2D eigenvalue weighted by molar-refractivity contribution is -0.142. The molecule has 0 bridgehead atoms. The summed E-state index contributed by atoms with van der Waals surface area (Å²) in [6.07, 6.45) is 2.26. The number of anilines is 3. The molecule has 1 aliphatic heterocycles. The standard InChI is InChI=1S/C29H29N3O5/c1-18-6-3-4-8-23(18)31-29-32-24-14-11-21(27(35-2)28(24)37-29)16-25(33)30-22-12-9-19(10-13-22)20-7-5-15-36-26(34)17-20/h3-4,6,8-14,20H,5,7,15-17H2,1-2H3,(H,30,33)(H,31,32). The summed E-state index contributed by atoms with van der Waals surface area (Å²) in [5.41, 5.74) is 5.54. The summed E-state index contributed by atoms with van der Waals surface area (Å²) in [5.74, 6) is 0.285. The molecule has 1 aromatic heterocycles. The lowest BCUT2D eigenvalue weighted by Gasteiger charge is -2.14. The van der Waals surface area contributed by atoms with E-state index in [0.29, 0.717) is 47.1 Å². The SMILES string of the molecule is COc1c(CC(=O)Nc2ccc(C3CCCOC(=O)C3)cc2)ccc2nc(Nc3ccccc3C)oc12. The number of carbonyl (C=O) groups is 2. The van der Waals surface area contributed by atoms with E-state index in [1.54, 1.807) is 7.11 Å². The molecule has 8 nitrogen and oxygen atoms in total. The van der Waals surface area contributed by atoms with Crippen LogP contribution in [-0.2, 0) is 20.7 Å². The molecule has 4 aromatic rings. The molecule has 1 fully saturated rings. The Balaban J connectivity index is 1.28. The van der Waals surface area contributed by atoms with Crippen molar-refractivity contribution in [1.29, 1.82) is 0 Å². The van der Waals surface area contributed by atoms with Gasteiger partial charge in [-0.15, -0.1) is 0 Å². The topological polar surface area (TPSA) is 103 Å². The molecule has 1 aliphatic rings. The summed E-state index contributed by atoms with van der Waals surface area (Å²) in [6, 6.07) is 19.5. The second-order valence-electron chi connectivity index (χ2n) is 9.18. The van der Waals surface area contributed by atoms with Crippen molar-refractivity contribution in [2.24, 2.45) is 0 Å². The molecule has 0 aliphatic carbocycles. The summed E-state index contributed by atoms with van der Waals surface area (Å²) >= 11 is 0. The van der Waals surface area contributed by atoms with E-state index >= 15 is 0 Å². The third-order valence-electron chi connectivity index (χ3n) is 6.57. The second-order valence-corrected chi connectivity index (χ2v) is 9.18. The van der Waals surface area contributed by atoms with Gasteiger partial charge in [-0.25, -0.2) is 0 Å².